The molecule has 19 heavy (non-hydrogen) atoms. The van der Waals surface area contributed by atoms with E-state index in [2.05, 4.69) is 5.32 Å². The summed E-state index contributed by atoms with van der Waals surface area (Å²) in [5, 5.41) is 12.4. The number of amides is 2. The number of nitrogens with zero attached hydrogens (tertiary/aromatic N) is 2. The van der Waals surface area contributed by atoms with Gasteiger partial charge in [-0.1, -0.05) is 0 Å². The molecule has 0 bridgehead atoms. The van der Waals surface area contributed by atoms with Crippen LogP contribution >= 0.6 is 12.4 Å². The summed E-state index contributed by atoms with van der Waals surface area (Å²) in [6, 6.07) is 0.112. The van der Waals surface area contributed by atoms with Crippen molar-refractivity contribution in [2.24, 2.45) is 0 Å². The van der Waals surface area contributed by atoms with Crippen LogP contribution in [0.1, 0.15) is 19.3 Å². The largest absolute Gasteiger partial charge is 0.392 e. The van der Waals surface area contributed by atoms with Gasteiger partial charge in [-0.3, -0.25) is 9.59 Å². The summed E-state index contributed by atoms with van der Waals surface area (Å²) >= 11 is 0. The van der Waals surface area contributed by atoms with Crippen LogP contribution in [-0.2, 0) is 9.59 Å². The normalized spacial score (nSPS) is 31.3. The Morgan fingerprint density at radius 1 is 1.32 bits per heavy atom. The van der Waals surface area contributed by atoms with Crippen molar-refractivity contribution in [3.05, 3.63) is 0 Å². The number of aliphatic hydroxyl groups is 1. The number of β-amino-alcohol motifs (C(OH)–C–C–N with tert-alkyl or cyclic N) is 1. The predicted molar refractivity (Wildman–Crippen MR) is 71.0 cm³/mol. The molecule has 0 spiro atoms. The molecular formula is C12H20ClN3O3. The molecule has 2 amide bonds. The van der Waals surface area contributed by atoms with E-state index >= 15 is 0 Å². The topological polar surface area (TPSA) is 72.9 Å². The Bertz CT molecular complexity index is 375. The summed E-state index contributed by atoms with van der Waals surface area (Å²) < 4.78 is 0. The number of aliphatic hydroxyl groups excluding tert-OH is 1. The molecule has 3 fully saturated rings. The average molecular weight is 290 g/mol. The van der Waals surface area contributed by atoms with Crippen LogP contribution in [0.3, 0.4) is 0 Å². The number of carbonyl (C=O) groups excluding carboxylic acids is 2. The molecule has 7 heteroatoms. The van der Waals surface area contributed by atoms with Crippen LogP contribution in [0.5, 0.6) is 0 Å². The van der Waals surface area contributed by atoms with E-state index in [0.717, 1.165) is 12.8 Å². The van der Waals surface area contributed by atoms with E-state index in [1.54, 1.807) is 4.90 Å². The molecule has 2 N–H and O–H groups in total. The van der Waals surface area contributed by atoms with Gasteiger partial charge in [-0.2, -0.15) is 0 Å². The maximum absolute atomic E-state index is 12.2. The maximum atomic E-state index is 12.2. The van der Waals surface area contributed by atoms with Crippen LogP contribution in [0, 0.1) is 0 Å². The molecule has 3 aliphatic rings. The number of rotatable bonds is 2. The van der Waals surface area contributed by atoms with Crippen molar-refractivity contribution in [1.29, 1.82) is 0 Å². The Kier molecular flexibility index (Phi) is 4.32. The summed E-state index contributed by atoms with van der Waals surface area (Å²) in [6.45, 7) is 1.94. The molecule has 0 aromatic carbocycles. The second-order valence-corrected chi connectivity index (χ2v) is 5.43. The third kappa shape index (κ3) is 3.01. The summed E-state index contributed by atoms with van der Waals surface area (Å²) in [5.74, 6) is 0.0194. The van der Waals surface area contributed by atoms with E-state index in [1.165, 1.54) is 0 Å². The van der Waals surface area contributed by atoms with Gasteiger partial charge >= 0.3 is 0 Å². The highest BCUT2D eigenvalue weighted by molar-refractivity contribution is 5.89. The number of hydrogen-bond donors (Lipinski definition) is 2. The fraction of sp³-hybridized carbons (Fsp3) is 0.833. The molecule has 6 nitrogen and oxygen atoms in total. The number of hydrogen-bond acceptors (Lipinski definition) is 4. The first-order chi connectivity index (χ1) is 8.65. The van der Waals surface area contributed by atoms with Crippen molar-refractivity contribution >= 4 is 24.2 Å². The predicted octanol–water partition coefficient (Wildman–Crippen LogP) is -1.04. The monoisotopic (exact) mass is 289 g/mol. The third-order valence-corrected chi connectivity index (χ3v) is 3.96. The van der Waals surface area contributed by atoms with E-state index in [4.69, 9.17) is 0 Å². The van der Waals surface area contributed by atoms with E-state index in [1.807, 2.05) is 4.90 Å². The summed E-state index contributed by atoms with van der Waals surface area (Å²) in [4.78, 5) is 27.6. The smallest absolute Gasteiger partial charge is 0.242 e. The Hall–Kier alpha value is -0.850. The molecule has 3 rings (SSSR count). The number of carbonyl (C=O) groups is 2. The number of halogens is 1. The highest BCUT2D eigenvalue weighted by Crippen LogP contribution is 2.28. The van der Waals surface area contributed by atoms with Crippen molar-refractivity contribution in [2.75, 3.05) is 26.2 Å². The Morgan fingerprint density at radius 3 is 2.58 bits per heavy atom. The lowest BCUT2D eigenvalue weighted by atomic mass is 10.1. The Labute approximate surface area is 118 Å². The lowest BCUT2D eigenvalue weighted by molar-refractivity contribution is -0.146. The van der Waals surface area contributed by atoms with E-state index in [-0.39, 0.29) is 36.8 Å². The highest BCUT2D eigenvalue weighted by atomic mass is 35.5. The summed E-state index contributed by atoms with van der Waals surface area (Å²) in [6.07, 6.45) is 2.23. The van der Waals surface area contributed by atoms with Crippen molar-refractivity contribution in [3.63, 3.8) is 0 Å². The minimum Gasteiger partial charge on any atom is -0.392 e. The van der Waals surface area contributed by atoms with Crippen molar-refractivity contribution < 1.29 is 14.7 Å². The van der Waals surface area contributed by atoms with Gasteiger partial charge in [0.15, 0.2) is 0 Å². The second kappa shape index (κ2) is 5.64. The minimum atomic E-state index is -0.442. The fourth-order valence-electron chi connectivity index (χ4n) is 2.77. The molecule has 1 saturated carbocycles. The SMILES string of the molecule is Cl.O=C([C@H]1C[C@H](O)CN1)N1CCN(C2CC2)C(=O)C1. The molecule has 0 aromatic rings. The molecule has 0 aromatic heterocycles. The Balaban J connectivity index is 0.00000133. The molecule has 2 aliphatic heterocycles. The highest BCUT2D eigenvalue weighted by Gasteiger charge is 2.39. The molecule has 2 heterocycles. The van der Waals surface area contributed by atoms with Crippen LogP contribution in [0.4, 0.5) is 0 Å². The summed E-state index contributed by atoms with van der Waals surface area (Å²) in [5.41, 5.74) is 0. The lowest BCUT2D eigenvalue weighted by Crippen LogP contribution is -2.56. The van der Waals surface area contributed by atoms with Crippen LogP contribution in [0.2, 0.25) is 0 Å². The second-order valence-electron chi connectivity index (χ2n) is 5.43. The average Bonchev–Trinajstić information content (AvgIpc) is 3.10. The first-order valence-corrected chi connectivity index (χ1v) is 6.65. The number of piperazine rings is 1. The van der Waals surface area contributed by atoms with Crippen molar-refractivity contribution in [1.82, 2.24) is 15.1 Å². The molecule has 2 atom stereocenters. The molecule has 108 valence electrons. The standard InChI is InChI=1S/C12H19N3O3.ClH/c16-9-5-10(13-6-9)12(18)14-3-4-15(8-1-2-8)11(17)7-14;/h8-10,13,16H,1-7H2;1H/t9-,10+;/m0./s1. The third-order valence-electron chi connectivity index (χ3n) is 3.96. The van der Waals surface area contributed by atoms with Crippen molar-refractivity contribution in [3.8, 4) is 0 Å². The number of nitrogens with one attached hydrogen (secondary N) is 1. The molecule has 1 aliphatic carbocycles. The lowest BCUT2D eigenvalue weighted by Gasteiger charge is -2.35. The van der Waals surface area contributed by atoms with Gasteiger partial charge in [-0.25, -0.2) is 0 Å². The van der Waals surface area contributed by atoms with Crippen LogP contribution in [0.15, 0.2) is 0 Å². The van der Waals surface area contributed by atoms with Gasteiger partial charge in [0.2, 0.25) is 11.8 Å². The zero-order valence-electron chi connectivity index (χ0n) is 10.7. The van der Waals surface area contributed by atoms with Gasteiger partial charge in [-0.05, 0) is 19.3 Å². The molecule has 0 radical (unpaired) electrons. The first-order valence-electron chi connectivity index (χ1n) is 6.65. The van der Waals surface area contributed by atoms with Gasteiger partial charge in [0.25, 0.3) is 0 Å². The molecule has 2 saturated heterocycles. The maximum Gasteiger partial charge on any atom is 0.242 e. The van der Waals surface area contributed by atoms with Gasteiger partial charge in [0.1, 0.15) is 0 Å². The van der Waals surface area contributed by atoms with Gasteiger partial charge in [-0.15, -0.1) is 12.4 Å². The van der Waals surface area contributed by atoms with E-state index < -0.39 is 6.10 Å². The van der Waals surface area contributed by atoms with Crippen LogP contribution < -0.4 is 5.32 Å². The van der Waals surface area contributed by atoms with E-state index in [0.29, 0.717) is 32.1 Å². The van der Waals surface area contributed by atoms with E-state index in [9.17, 15) is 14.7 Å². The zero-order valence-corrected chi connectivity index (χ0v) is 11.6. The summed E-state index contributed by atoms with van der Waals surface area (Å²) in [7, 11) is 0. The van der Waals surface area contributed by atoms with Crippen LogP contribution in [-0.4, -0.2) is 71.1 Å². The van der Waals surface area contributed by atoms with Crippen molar-refractivity contribution in [2.45, 2.75) is 37.5 Å². The van der Waals surface area contributed by atoms with Gasteiger partial charge < -0.3 is 20.2 Å². The minimum absolute atomic E-state index is 0. The Morgan fingerprint density at radius 2 is 2.05 bits per heavy atom. The van der Waals surface area contributed by atoms with Gasteiger partial charge in [0.05, 0.1) is 18.7 Å². The zero-order chi connectivity index (χ0) is 12.7. The van der Waals surface area contributed by atoms with Crippen LogP contribution in [0.25, 0.3) is 0 Å². The first kappa shape index (κ1) is 14.6. The molecule has 0 unspecified atom stereocenters. The van der Waals surface area contributed by atoms with Gasteiger partial charge in [0, 0.05) is 25.7 Å². The molecular weight excluding hydrogens is 270 g/mol. The quantitative estimate of drug-likeness (QED) is 0.681. The fourth-order valence-corrected chi connectivity index (χ4v) is 2.77.